The zero-order valence-electron chi connectivity index (χ0n) is 15.5. The summed E-state index contributed by atoms with van der Waals surface area (Å²) in [6, 6.07) is 9.65. The molecule has 1 aromatic carbocycles. The number of aliphatic hydroxyl groups excluding tert-OH is 1. The number of furan rings is 1. The Morgan fingerprint density at radius 3 is 2.77 bits per heavy atom. The van der Waals surface area contributed by atoms with Crippen LogP contribution < -0.4 is 15.4 Å². The third kappa shape index (κ3) is 6.87. The van der Waals surface area contributed by atoms with Gasteiger partial charge in [-0.05, 0) is 44.0 Å². The second kappa shape index (κ2) is 11.8. The molecule has 1 atom stereocenters. The standard InChI is InChI=1S/C19H27N3O3.HI/c1-4-20-19(22-13-16(23)18-6-5-11-25-18)21-10-9-15-12-14(2)7-8-17(15)24-3;/h5-8,11-12,16,23H,4,9-10,13H2,1-3H3,(H2,20,21,22);1H. The summed E-state index contributed by atoms with van der Waals surface area (Å²) in [6.07, 6.45) is 1.61. The van der Waals surface area contributed by atoms with Crippen LogP contribution in [0.15, 0.2) is 46.0 Å². The summed E-state index contributed by atoms with van der Waals surface area (Å²) in [5.74, 6) is 2.08. The Balaban J connectivity index is 0.00000338. The highest BCUT2D eigenvalue weighted by atomic mass is 127. The van der Waals surface area contributed by atoms with E-state index in [0.717, 1.165) is 24.3 Å². The lowest BCUT2D eigenvalue weighted by Gasteiger charge is -2.14. The summed E-state index contributed by atoms with van der Waals surface area (Å²) in [5.41, 5.74) is 2.36. The molecule has 6 nitrogen and oxygen atoms in total. The number of methoxy groups -OCH3 is 1. The molecular weight excluding hydrogens is 445 g/mol. The van der Waals surface area contributed by atoms with Crippen LogP contribution in [0.25, 0.3) is 0 Å². The van der Waals surface area contributed by atoms with Gasteiger partial charge in [0.15, 0.2) is 5.96 Å². The number of halogens is 1. The van der Waals surface area contributed by atoms with E-state index in [1.165, 1.54) is 5.56 Å². The third-order valence-corrected chi connectivity index (χ3v) is 3.76. The van der Waals surface area contributed by atoms with Gasteiger partial charge in [-0.3, -0.25) is 4.99 Å². The second-order valence-corrected chi connectivity index (χ2v) is 5.74. The summed E-state index contributed by atoms with van der Waals surface area (Å²) in [4.78, 5) is 4.41. The van der Waals surface area contributed by atoms with Gasteiger partial charge in [-0.1, -0.05) is 17.7 Å². The van der Waals surface area contributed by atoms with E-state index in [4.69, 9.17) is 9.15 Å². The Hall–Kier alpha value is -1.74. The first-order chi connectivity index (χ1) is 12.1. The molecule has 0 bridgehead atoms. The predicted octanol–water partition coefficient (Wildman–Crippen LogP) is 3.05. The minimum Gasteiger partial charge on any atom is -0.496 e. The van der Waals surface area contributed by atoms with Crippen LogP contribution in [0, 0.1) is 6.92 Å². The summed E-state index contributed by atoms with van der Waals surface area (Å²) >= 11 is 0. The molecule has 0 fully saturated rings. The quantitative estimate of drug-likeness (QED) is 0.312. The van der Waals surface area contributed by atoms with E-state index in [2.05, 4.69) is 28.6 Å². The van der Waals surface area contributed by atoms with Gasteiger partial charge in [0.25, 0.3) is 0 Å². The van der Waals surface area contributed by atoms with Gasteiger partial charge in [-0.2, -0.15) is 0 Å². The van der Waals surface area contributed by atoms with Crippen molar-refractivity contribution in [3.8, 4) is 5.75 Å². The molecule has 0 spiro atoms. The van der Waals surface area contributed by atoms with E-state index < -0.39 is 6.10 Å². The van der Waals surface area contributed by atoms with Gasteiger partial charge in [0, 0.05) is 13.1 Å². The first-order valence-electron chi connectivity index (χ1n) is 8.51. The lowest BCUT2D eigenvalue weighted by Crippen LogP contribution is -2.38. The van der Waals surface area contributed by atoms with E-state index in [0.29, 0.717) is 18.3 Å². The molecule has 7 heteroatoms. The highest BCUT2D eigenvalue weighted by Gasteiger charge is 2.10. The van der Waals surface area contributed by atoms with Gasteiger partial charge < -0.3 is 24.9 Å². The van der Waals surface area contributed by atoms with Crippen LogP contribution >= 0.6 is 24.0 Å². The maximum absolute atomic E-state index is 10.1. The zero-order chi connectivity index (χ0) is 18.1. The van der Waals surface area contributed by atoms with Crippen LogP contribution in [-0.2, 0) is 6.42 Å². The molecule has 1 unspecified atom stereocenters. The Morgan fingerprint density at radius 1 is 1.31 bits per heavy atom. The number of nitrogens with one attached hydrogen (secondary N) is 2. The van der Waals surface area contributed by atoms with Crippen molar-refractivity contribution in [1.29, 1.82) is 0 Å². The number of hydrogen-bond acceptors (Lipinski definition) is 4. The normalized spacial score (nSPS) is 12.2. The molecular formula is C19H28IN3O3. The lowest BCUT2D eigenvalue weighted by molar-refractivity contribution is 0.158. The van der Waals surface area contributed by atoms with Gasteiger partial charge in [-0.25, -0.2) is 0 Å². The fourth-order valence-corrected chi connectivity index (χ4v) is 2.51. The van der Waals surface area contributed by atoms with Crippen molar-refractivity contribution in [3.63, 3.8) is 0 Å². The number of aliphatic hydroxyl groups is 1. The third-order valence-electron chi connectivity index (χ3n) is 3.76. The minimum atomic E-state index is -0.748. The van der Waals surface area contributed by atoms with Crippen molar-refractivity contribution in [2.45, 2.75) is 26.4 Å². The first-order valence-corrected chi connectivity index (χ1v) is 8.51. The Bertz CT molecular complexity index is 675. The molecule has 0 aliphatic heterocycles. The van der Waals surface area contributed by atoms with Crippen molar-refractivity contribution in [1.82, 2.24) is 10.6 Å². The van der Waals surface area contributed by atoms with Crippen LogP contribution in [0.4, 0.5) is 0 Å². The molecule has 0 saturated heterocycles. The van der Waals surface area contributed by atoms with Crippen molar-refractivity contribution in [2.24, 2.45) is 4.99 Å². The molecule has 0 aliphatic rings. The van der Waals surface area contributed by atoms with Gasteiger partial charge in [0.1, 0.15) is 17.6 Å². The van der Waals surface area contributed by atoms with Crippen LogP contribution in [0.3, 0.4) is 0 Å². The largest absolute Gasteiger partial charge is 0.496 e. The van der Waals surface area contributed by atoms with Crippen LogP contribution in [0.2, 0.25) is 0 Å². The Labute approximate surface area is 172 Å². The minimum absolute atomic E-state index is 0. The fraction of sp³-hybridized carbons (Fsp3) is 0.421. The molecule has 3 N–H and O–H groups in total. The number of guanidine groups is 1. The SMILES string of the molecule is CCNC(=NCC(O)c1ccco1)NCCc1cc(C)ccc1OC.I. The molecule has 0 amide bonds. The molecule has 0 saturated carbocycles. The molecule has 26 heavy (non-hydrogen) atoms. The highest BCUT2D eigenvalue weighted by Crippen LogP contribution is 2.19. The van der Waals surface area contributed by atoms with Gasteiger partial charge in [-0.15, -0.1) is 24.0 Å². The van der Waals surface area contributed by atoms with E-state index in [-0.39, 0.29) is 30.5 Å². The van der Waals surface area contributed by atoms with Crippen LogP contribution in [0.5, 0.6) is 5.75 Å². The topological polar surface area (TPSA) is 79.0 Å². The van der Waals surface area contributed by atoms with E-state index in [1.807, 2.05) is 19.1 Å². The van der Waals surface area contributed by atoms with E-state index in [9.17, 15) is 5.11 Å². The number of benzene rings is 1. The maximum Gasteiger partial charge on any atom is 0.191 e. The fourth-order valence-electron chi connectivity index (χ4n) is 2.51. The number of nitrogens with zero attached hydrogens (tertiary/aromatic N) is 1. The van der Waals surface area contributed by atoms with Crippen LogP contribution in [-0.4, -0.2) is 37.8 Å². The highest BCUT2D eigenvalue weighted by molar-refractivity contribution is 14.0. The van der Waals surface area contributed by atoms with Crippen molar-refractivity contribution in [2.75, 3.05) is 26.7 Å². The number of aliphatic imine (C=N–C) groups is 1. The Kier molecular flexibility index (Phi) is 10.1. The average Bonchev–Trinajstić information content (AvgIpc) is 3.14. The molecule has 0 aliphatic carbocycles. The molecule has 1 aromatic heterocycles. The van der Waals surface area contributed by atoms with Crippen molar-refractivity contribution < 1.29 is 14.3 Å². The molecule has 2 aromatic rings. The van der Waals surface area contributed by atoms with Gasteiger partial charge >= 0.3 is 0 Å². The van der Waals surface area contributed by atoms with Crippen molar-refractivity contribution >= 4 is 29.9 Å². The van der Waals surface area contributed by atoms with Gasteiger partial charge in [0.2, 0.25) is 0 Å². The number of rotatable bonds is 8. The molecule has 0 radical (unpaired) electrons. The van der Waals surface area contributed by atoms with Gasteiger partial charge in [0.05, 0.1) is 19.9 Å². The average molecular weight is 473 g/mol. The summed E-state index contributed by atoms with van der Waals surface area (Å²) in [6.45, 7) is 5.76. The van der Waals surface area contributed by atoms with E-state index >= 15 is 0 Å². The lowest BCUT2D eigenvalue weighted by atomic mass is 10.1. The number of ether oxygens (including phenoxy) is 1. The number of hydrogen-bond donors (Lipinski definition) is 3. The molecule has 1 heterocycles. The molecule has 2 rings (SSSR count). The second-order valence-electron chi connectivity index (χ2n) is 5.74. The van der Waals surface area contributed by atoms with Crippen LogP contribution in [0.1, 0.15) is 29.9 Å². The predicted molar refractivity (Wildman–Crippen MR) is 114 cm³/mol. The molecule has 144 valence electrons. The first kappa shape index (κ1) is 22.3. The summed E-state index contributed by atoms with van der Waals surface area (Å²) < 4.78 is 10.6. The summed E-state index contributed by atoms with van der Waals surface area (Å²) in [5, 5.41) is 16.5. The Morgan fingerprint density at radius 2 is 2.12 bits per heavy atom. The zero-order valence-corrected chi connectivity index (χ0v) is 17.8. The van der Waals surface area contributed by atoms with Crippen molar-refractivity contribution in [3.05, 3.63) is 53.5 Å². The smallest absolute Gasteiger partial charge is 0.191 e. The maximum atomic E-state index is 10.1. The monoisotopic (exact) mass is 473 g/mol. The van der Waals surface area contributed by atoms with E-state index in [1.54, 1.807) is 25.5 Å². The summed E-state index contributed by atoms with van der Waals surface area (Å²) in [7, 11) is 1.68. The number of aryl methyl sites for hydroxylation is 1.